The summed E-state index contributed by atoms with van der Waals surface area (Å²) in [6.45, 7) is 0.735. The fraction of sp³-hybridized carbons (Fsp3) is 0.250. The predicted molar refractivity (Wildman–Crippen MR) is 79.5 cm³/mol. The normalized spacial score (nSPS) is 16.4. The number of benzene rings is 2. The minimum atomic E-state index is -0.438. The second kappa shape index (κ2) is 5.92. The minimum Gasteiger partial charge on any atom is -0.491 e. The molecule has 1 aliphatic rings. The lowest BCUT2D eigenvalue weighted by atomic mass is 10.1. The number of likely N-dealkylation sites (N-methyl/N-ethyl adjacent to an activating group) is 1. The first kappa shape index (κ1) is 14.2. The van der Waals surface area contributed by atoms with Crippen molar-refractivity contribution in [2.75, 3.05) is 13.7 Å². The molecule has 2 aromatic rings. The Morgan fingerprint density at radius 1 is 1.38 bits per heavy atom. The zero-order valence-corrected chi connectivity index (χ0v) is 12.3. The average Bonchev–Trinajstić information content (AvgIpc) is 2.91. The largest absolute Gasteiger partial charge is 0.491 e. The summed E-state index contributed by atoms with van der Waals surface area (Å²) < 4.78 is 25.0. The molecule has 0 aliphatic carbocycles. The summed E-state index contributed by atoms with van der Waals surface area (Å²) in [5.41, 5.74) is 1.54. The summed E-state index contributed by atoms with van der Waals surface area (Å²) in [7, 11) is 1.90. The zero-order chi connectivity index (χ0) is 14.8. The monoisotopic (exact) mass is 307 g/mol. The van der Waals surface area contributed by atoms with Crippen molar-refractivity contribution in [3.05, 3.63) is 58.4 Å². The summed E-state index contributed by atoms with van der Waals surface area (Å²) in [6.07, 6.45) is 0. The van der Waals surface area contributed by atoms with Gasteiger partial charge in [0.25, 0.3) is 0 Å². The van der Waals surface area contributed by atoms with E-state index in [1.807, 2.05) is 25.2 Å². The molecule has 1 aliphatic heterocycles. The zero-order valence-electron chi connectivity index (χ0n) is 11.5. The summed E-state index contributed by atoms with van der Waals surface area (Å²) in [6, 6.07) is 10.7. The molecule has 0 bridgehead atoms. The maximum absolute atomic E-state index is 13.8. The SMILES string of the molecule is CNC1COc2cc(OCc3cccc(Cl)c3F)ccc21. The first-order valence-electron chi connectivity index (χ1n) is 6.68. The van der Waals surface area contributed by atoms with Crippen LogP contribution in [0.4, 0.5) is 4.39 Å². The van der Waals surface area contributed by atoms with Gasteiger partial charge in [-0.3, -0.25) is 0 Å². The second-order valence-electron chi connectivity index (χ2n) is 4.85. The Labute approximate surface area is 127 Å². The van der Waals surface area contributed by atoms with Crippen LogP contribution in [0.5, 0.6) is 11.5 Å². The summed E-state index contributed by atoms with van der Waals surface area (Å²) in [4.78, 5) is 0. The molecule has 5 heteroatoms. The third-order valence-corrected chi connectivity index (χ3v) is 3.83. The van der Waals surface area contributed by atoms with Gasteiger partial charge in [0.15, 0.2) is 0 Å². The van der Waals surface area contributed by atoms with Gasteiger partial charge in [-0.15, -0.1) is 0 Å². The lowest BCUT2D eigenvalue weighted by Gasteiger charge is -2.10. The van der Waals surface area contributed by atoms with Gasteiger partial charge in [-0.2, -0.15) is 0 Å². The number of fused-ring (bicyclic) bond motifs is 1. The number of ether oxygens (including phenoxy) is 2. The Hall–Kier alpha value is -1.78. The van der Waals surface area contributed by atoms with Crippen molar-refractivity contribution >= 4 is 11.6 Å². The molecular weight excluding hydrogens is 293 g/mol. The molecule has 110 valence electrons. The first-order valence-corrected chi connectivity index (χ1v) is 7.06. The van der Waals surface area contributed by atoms with Crippen molar-refractivity contribution in [1.82, 2.24) is 5.32 Å². The fourth-order valence-electron chi connectivity index (χ4n) is 2.34. The van der Waals surface area contributed by atoms with E-state index < -0.39 is 5.82 Å². The minimum absolute atomic E-state index is 0.102. The maximum Gasteiger partial charge on any atom is 0.148 e. The van der Waals surface area contributed by atoms with Crippen LogP contribution in [0.25, 0.3) is 0 Å². The van der Waals surface area contributed by atoms with E-state index in [0.717, 1.165) is 11.3 Å². The Kier molecular flexibility index (Phi) is 3.99. The van der Waals surface area contributed by atoms with Crippen LogP contribution in [0, 0.1) is 5.82 Å². The van der Waals surface area contributed by atoms with Crippen LogP contribution in [-0.2, 0) is 6.61 Å². The lowest BCUT2D eigenvalue weighted by molar-refractivity contribution is 0.294. The number of hydrogen-bond acceptors (Lipinski definition) is 3. The summed E-state index contributed by atoms with van der Waals surface area (Å²) in [5.74, 6) is 1.01. The predicted octanol–water partition coefficient (Wildman–Crippen LogP) is 3.71. The Morgan fingerprint density at radius 3 is 3.05 bits per heavy atom. The quantitative estimate of drug-likeness (QED) is 0.934. The van der Waals surface area contributed by atoms with Gasteiger partial charge in [0.2, 0.25) is 0 Å². The first-order chi connectivity index (χ1) is 10.2. The molecule has 0 aromatic heterocycles. The molecule has 1 N–H and O–H groups in total. The summed E-state index contributed by atoms with van der Waals surface area (Å²) in [5, 5.41) is 3.28. The molecule has 0 radical (unpaired) electrons. The van der Waals surface area contributed by atoms with Crippen LogP contribution in [-0.4, -0.2) is 13.7 Å². The molecule has 0 saturated heterocycles. The van der Waals surface area contributed by atoms with E-state index in [9.17, 15) is 4.39 Å². The summed E-state index contributed by atoms with van der Waals surface area (Å²) >= 11 is 5.75. The number of nitrogens with one attached hydrogen (secondary N) is 1. The smallest absolute Gasteiger partial charge is 0.148 e. The van der Waals surface area contributed by atoms with E-state index >= 15 is 0 Å². The van der Waals surface area contributed by atoms with E-state index in [4.69, 9.17) is 21.1 Å². The van der Waals surface area contributed by atoms with E-state index in [1.165, 1.54) is 6.07 Å². The molecule has 1 unspecified atom stereocenters. The second-order valence-corrected chi connectivity index (χ2v) is 5.26. The van der Waals surface area contributed by atoms with Gasteiger partial charge in [0.1, 0.15) is 30.5 Å². The van der Waals surface area contributed by atoms with Gasteiger partial charge >= 0.3 is 0 Å². The van der Waals surface area contributed by atoms with Gasteiger partial charge in [0, 0.05) is 17.2 Å². The van der Waals surface area contributed by atoms with Gasteiger partial charge in [-0.05, 0) is 25.2 Å². The third kappa shape index (κ3) is 2.82. The topological polar surface area (TPSA) is 30.5 Å². The van der Waals surface area contributed by atoms with Crippen molar-refractivity contribution in [1.29, 1.82) is 0 Å². The fourth-order valence-corrected chi connectivity index (χ4v) is 2.53. The number of hydrogen-bond donors (Lipinski definition) is 1. The van der Waals surface area contributed by atoms with Gasteiger partial charge in [-0.1, -0.05) is 23.7 Å². The van der Waals surface area contributed by atoms with Crippen LogP contribution in [0.1, 0.15) is 17.2 Å². The van der Waals surface area contributed by atoms with Crippen molar-refractivity contribution in [3.8, 4) is 11.5 Å². The van der Waals surface area contributed by atoms with Crippen LogP contribution < -0.4 is 14.8 Å². The highest BCUT2D eigenvalue weighted by Gasteiger charge is 2.22. The molecule has 0 saturated carbocycles. The standard InChI is InChI=1S/C16H15ClFNO2/c1-19-14-9-21-15-7-11(5-6-12(14)15)20-8-10-3-2-4-13(17)16(10)18/h2-7,14,19H,8-9H2,1H3. The molecule has 0 amide bonds. The highest BCUT2D eigenvalue weighted by atomic mass is 35.5. The van der Waals surface area contributed by atoms with Gasteiger partial charge in [-0.25, -0.2) is 4.39 Å². The molecule has 0 fully saturated rings. The molecule has 0 spiro atoms. The van der Waals surface area contributed by atoms with Gasteiger partial charge in [0.05, 0.1) is 11.1 Å². The Morgan fingerprint density at radius 2 is 2.24 bits per heavy atom. The highest BCUT2D eigenvalue weighted by molar-refractivity contribution is 6.30. The molecule has 3 rings (SSSR count). The van der Waals surface area contributed by atoms with E-state index in [0.29, 0.717) is 17.9 Å². The van der Waals surface area contributed by atoms with Crippen molar-refractivity contribution in [3.63, 3.8) is 0 Å². The molecule has 2 aromatic carbocycles. The number of halogens is 2. The average molecular weight is 308 g/mol. The Bertz CT molecular complexity index is 663. The molecule has 21 heavy (non-hydrogen) atoms. The molecule has 1 heterocycles. The molecule has 1 atom stereocenters. The van der Waals surface area contributed by atoms with Crippen molar-refractivity contribution in [2.45, 2.75) is 12.6 Å². The van der Waals surface area contributed by atoms with Gasteiger partial charge < -0.3 is 14.8 Å². The van der Waals surface area contributed by atoms with E-state index in [-0.39, 0.29) is 17.7 Å². The van der Waals surface area contributed by atoms with Crippen molar-refractivity contribution in [2.24, 2.45) is 0 Å². The van der Waals surface area contributed by atoms with Crippen LogP contribution >= 0.6 is 11.6 Å². The lowest BCUT2D eigenvalue weighted by Crippen LogP contribution is -2.17. The third-order valence-electron chi connectivity index (χ3n) is 3.54. The van der Waals surface area contributed by atoms with Crippen LogP contribution in [0.2, 0.25) is 5.02 Å². The maximum atomic E-state index is 13.8. The van der Waals surface area contributed by atoms with Crippen molar-refractivity contribution < 1.29 is 13.9 Å². The van der Waals surface area contributed by atoms with Crippen LogP contribution in [0.3, 0.4) is 0 Å². The molecular formula is C16H15ClFNO2. The van der Waals surface area contributed by atoms with E-state index in [1.54, 1.807) is 12.1 Å². The molecule has 3 nitrogen and oxygen atoms in total. The van der Waals surface area contributed by atoms with Crippen LogP contribution in [0.15, 0.2) is 36.4 Å². The van der Waals surface area contributed by atoms with E-state index in [2.05, 4.69) is 5.32 Å². The Balaban J connectivity index is 1.73. The highest BCUT2D eigenvalue weighted by Crippen LogP contribution is 2.35. The number of rotatable bonds is 4.